The molecule has 0 fully saturated rings. The molecule has 0 aliphatic heterocycles. The fraction of sp³-hybridized carbons (Fsp3) is 0.571. The first-order valence-corrected chi connectivity index (χ1v) is 3.67. The Morgan fingerprint density at radius 2 is 2.07 bits per heavy atom. The van der Waals surface area contributed by atoms with Crippen molar-refractivity contribution in [2.75, 3.05) is 13.2 Å². The van der Waals surface area contributed by atoms with E-state index in [1.807, 2.05) is 0 Å². The topological polar surface area (TPSA) is 110 Å². The van der Waals surface area contributed by atoms with Gasteiger partial charge in [0.25, 0.3) is 6.47 Å². The molecule has 0 aromatic heterocycles. The quantitative estimate of drug-likeness (QED) is 0.297. The van der Waals surface area contributed by atoms with Gasteiger partial charge in [-0.05, 0) is 0 Å². The molecule has 80 valence electrons. The van der Waals surface area contributed by atoms with Crippen molar-refractivity contribution < 1.29 is 34.1 Å². The highest BCUT2D eigenvalue weighted by molar-refractivity contribution is 5.90. The summed E-state index contributed by atoms with van der Waals surface area (Å²) in [4.78, 5) is 30.5. The van der Waals surface area contributed by atoms with Gasteiger partial charge in [-0.3, -0.25) is 14.4 Å². The van der Waals surface area contributed by atoms with E-state index in [1.165, 1.54) is 0 Å². The van der Waals surface area contributed by atoms with Crippen molar-refractivity contribution in [2.24, 2.45) is 0 Å². The Morgan fingerprint density at radius 3 is 2.50 bits per heavy atom. The van der Waals surface area contributed by atoms with Gasteiger partial charge in [0, 0.05) is 0 Å². The van der Waals surface area contributed by atoms with Crippen molar-refractivity contribution in [3.63, 3.8) is 0 Å². The maximum atomic E-state index is 10.7. The van der Waals surface area contributed by atoms with Crippen LogP contribution in [0.3, 0.4) is 0 Å². The van der Waals surface area contributed by atoms with E-state index in [2.05, 4.69) is 9.47 Å². The third kappa shape index (κ3) is 5.95. The molecule has 7 nitrogen and oxygen atoms in total. The largest absolute Gasteiger partial charge is 0.481 e. The molecule has 7 heteroatoms. The molecule has 14 heavy (non-hydrogen) atoms. The fourth-order valence-electron chi connectivity index (χ4n) is 0.622. The molecule has 0 aliphatic carbocycles. The zero-order valence-corrected chi connectivity index (χ0v) is 7.21. The molecule has 0 aromatic carbocycles. The van der Waals surface area contributed by atoms with Gasteiger partial charge >= 0.3 is 11.9 Å². The maximum Gasteiger partial charge on any atom is 0.317 e. The molecule has 2 N–H and O–H groups in total. The Labute approximate surface area is 79.2 Å². The highest BCUT2D eigenvalue weighted by Gasteiger charge is 2.16. The van der Waals surface area contributed by atoms with Crippen LogP contribution >= 0.6 is 0 Å². The summed E-state index contributed by atoms with van der Waals surface area (Å²) >= 11 is 0. The van der Waals surface area contributed by atoms with Crippen LogP contribution in [0.1, 0.15) is 6.42 Å². The average Bonchev–Trinajstić information content (AvgIpc) is 2.10. The van der Waals surface area contributed by atoms with Crippen molar-refractivity contribution in [3.05, 3.63) is 0 Å². The molecular weight excluding hydrogens is 196 g/mol. The minimum Gasteiger partial charge on any atom is -0.481 e. The third-order valence-electron chi connectivity index (χ3n) is 1.15. The van der Waals surface area contributed by atoms with Gasteiger partial charge in [0.2, 0.25) is 0 Å². The number of rotatable bonds is 7. The van der Waals surface area contributed by atoms with Gasteiger partial charge in [-0.1, -0.05) is 0 Å². The lowest BCUT2D eigenvalue weighted by Gasteiger charge is -2.13. The van der Waals surface area contributed by atoms with Crippen LogP contribution in [0.2, 0.25) is 0 Å². The Morgan fingerprint density at radius 1 is 1.43 bits per heavy atom. The van der Waals surface area contributed by atoms with Crippen molar-refractivity contribution in [2.45, 2.75) is 12.5 Å². The second-order valence-corrected chi connectivity index (χ2v) is 2.29. The zero-order valence-electron chi connectivity index (χ0n) is 7.21. The van der Waals surface area contributed by atoms with Gasteiger partial charge in [-0.2, -0.15) is 0 Å². The normalized spacial score (nSPS) is 11.5. The van der Waals surface area contributed by atoms with E-state index in [1.54, 1.807) is 0 Å². The SMILES string of the molecule is O=COCC(CO)OC(=O)CC(=O)O. The van der Waals surface area contributed by atoms with Crippen LogP contribution < -0.4 is 0 Å². The van der Waals surface area contributed by atoms with Gasteiger partial charge in [-0.15, -0.1) is 0 Å². The number of ether oxygens (including phenoxy) is 2. The van der Waals surface area contributed by atoms with Gasteiger partial charge < -0.3 is 19.7 Å². The molecule has 0 rings (SSSR count). The molecule has 0 saturated carbocycles. The third-order valence-corrected chi connectivity index (χ3v) is 1.15. The Kier molecular flexibility index (Phi) is 6.04. The summed E-state index contributed by atoms with van der Waals surface area (Å²) in [6, 6.07) is 0. The second kappa shape index (κ2) is 6.84. The number of hydrogen-bond donors (Lipinski definition) is 2. The van der Waals surface area contributed by atoms with E-state index < -0.39 is 31.1 Å². The van der Waals surface area contributed by atoms with E-state index in [-0.39, 0.29) is 13.1 Å². The minimum atomic E-state index is -1.33. The van der Waals surface area contributed by atoms with Crippen molar-refractivity contribution in [1.82, 2.24) is 0 Å². The van der Waals surface area contributed by atoms with Crippen LogP contribution in [0.5, 0.6) is 0 Å². The Balaban J connectivity index is 3.85. The highest BCUT2D eigenvalue weighted by Crippen LogP contribution is 1.95. The minimum absolute atomic E-state index is 0.133. The average molecular weight is 206 g/mol. The van der Waals surface area contributed by atoms with Gasteiger partial charge in [0.15, 0.2) is 6.10 Å². The highest BCUT2D eigenvalue weighted by atomic mass is 16.6. The first kappa shape index (κ1) is 12.4. The number of carboxylic acid groups (broad SMARTS) is 1. The molecule has 0 aliphatic rings. The van der Waals surface area contributed by atoms with Gasteiger partial charge in [0.1, 0.15) is 13.0 Å². The van der Waals surface area contributed by atoms with E-state index >= 15 is 0 Å². The first-order chi connectivity index (χ1) is 6.60. The van der Waals surface area contributed by atoms with Crippen molar-refractivity contribution in [3.8, 4) is 0 Å². The van der Waals surface area contributed by atoms with Crippen LogP contribution in [-0.4, -0.2) is 47.9 Å². The molecular formula is C7H10O7. The molecule has 0 aromatic rings. The van der Waals surface area contributed by atoms with Crippen LogP contribution in [0, 0.1) is 0 Å². The number of aliphatic hydroxyl groups excluding tert-OH is 1. The van der Waals surface area contributed by atoms with Gasteiger partial charge in [-0.25, -0.2) is 0 Å². The summed E-state index contributed by atoms with van der Waals surface area (Å²) < 4.78 is 8.69. The Bertz CT molecular complexity index is 212. The molecule has 1 atom stereocenters. The Hall–Kier alpha value is -1.63. The van der Waals surface area contributed by atoms with Crippen molar-refractivity contribution >= 4 is 18.4 Å². The molecule has 0 spiro atoms. The number of aliphatic carboxylic acids is 1. The van der Waals surface area contributed by atoms with E-state index in [0.717, 1.165) is 0 Å². The molecule has 0 amide bonds. The monoisotopic (exact) mass is 206 g/mol. The number of carbonyl (C=O) groups excluding carboxylic acids is 2. The molecule has 0 bridgehead atoms. The fourth-order valence-corrected chi connectivity index (χ4v) is 0.622. The second-order valence-electron chi connectivity index (χ2n) is 2.29. The summed E-state index contributed by atoms with van der Waals surface area (Å²) in [6.07, 6.45) is -1.82. The summed E-state index contributed by atoms with van der Waals surface area (Å²) in [5.74, 6) is -2.32. The lowest BCUT2D eigenvalue weighted by atomic mass is 10.4. The standard InChI is InChI=1S/C7H10O7/c8-2-5(3-13-4-9)14-7(12)1-6(10)11/h4-5,8H,1-3H2,(H,10,11). The molecule has 0 heterocycles. The van der Waals surface area contributed by atoms with Crippen LogP contribution in [0.25, 0.3) is 0 Å². The molecule has 1 unspecified atom stereocenters. The van der Waals surface area contributed by atoms with Gasteiger partial charge in [0.05, 0.1) is 6.61 Å². The summed E-state index contributed by atoms with van der Waals surface area (Å²) in [5, 5.41) is 16.8. The van der Waals surface area contributed by atoms with E-state index in [0.29, 0.717) is 0 Å². The molecule has 0 saturated heterocycles. The van der Waals surface area contributed by atoms with Crippen LogP contribution in [0.4, 0.5) is 0 Å². The summed E-state index contributed by atoms with van der Waals surface area (Å²) in [5.41, 5.74) is 0. The predicted octanol–water partition coefficient (Wildman–Crippen LogP) is -1.46. The number of hydrogen-bond acceptors (Lipinski definition) is 6. The summed E-state index contributed by atoms with van der Waals surface area (Å²) in [7, 11) is 0. The maximum absolute atomic E-state index is 10.7. The smallest absolute Gasteiger partial charge is 0.317 e. The number of aliphatic hydroxyl groups is 1. The van der Waals surface area contributed by atoms with Crippen molar-refractivity contribution in [1.29, 1.82) is 0 Å². The first-order valence-electron chi connectivity index (χ1n) is 3.67. The summed E-state index contributed by atoms with van der Waals surface area (Å²) in [6.45, 7) is -0.710. The number of carbonyl (C=O) groups is 3. The zero-order chi connectivity index (χ0) is 11.0. The number of carboxylic acids is 1. The lowest BCUT2D eigenvalue weighted by molar-refractivity contribution is -0.161. The predicted molar refractivity (Wildman–Crippen MR) is 41.2 cm³/mol. The van der Waals surface area contributed by atoms with E-state index in [4.69, 9.17) is 10.2 Å². The van der Waals surface area contributed by atoms with E-state index in [9.17, 15) is 14.4 Å². The number of esters is 1. The van der Waals surface area contributed by atoms with Crippen LogP contribution in [0.15, 0.2) is 0 Å². The van der Waals surface area contributed by atoms with Crippen LogP contribution in [-0.2, 0) is 23.9 Å². The molecule has 0 radical (unpaired) electrons. The lowest BCUT2D eigenvalue weighted by Crippen LogP contribution is -2.27.